The molecule has 11 nitrogen and oxygen atoms in total. The first-order chi connectivity index (χ1) is 24.4. The molecule has 0 saturated carbocycles. The van der Waals surface area contributed by atoms with Crippen molar-refractivity contribution >= 4 is 23.6 Å². The minimum Gasteiger partial charge on any atom is -0.481 e. The maximum atomic E-state index is 12.3. The highest BCUT2D eigenvalue weighted by molar-refractivity contribution is 7.99. The zero-order valence-corrected chi connectivity index (χ0v) is 28.4. The standard InChI is InChI=1S/C38H39N5O6S/c1-25-33(24-50-38-40-41-42-43(38)31-9-3-2-4-10-31)48-37(49-36(25)28-16-14-26(23-44)15-17-28)29-20-18-27(19-21-29)32-11-6-5-8-30(32)22-39-34(45)12-7-13-35(46)47/h2-6,8-11,14-21,25,33,36-37,44H,7,12-13,22-24H2,1H3,(H,39,45)(H,46,47). The number of ether oxygens (including phenoxy) is 2. The first-order valence-electron chi connectivity index (χ1n) is 16.5. The van der Waals surface area contributed by atoms with Crippen LogP contribution in [0.3, 0.4) is 0 Å². The number of aliphatic hydroxyl groups excluding tert-OH is 1. The zero-order valence-electron chi connectivity index (χ0n) is 27.6. The summed E-state index contributed by atoms with van der Waals surface area (Å²) in [6.45, 7) is 2.43. The van der Waals surface area contributed by atoms with Crippen LogP contribution < -0.4 is 5.32 Å². The molecule has 0 radical (unpaired) electrons. The second kappa shape index (κ2) is 16.7. The van der Waals surface area contributed by atoms with Crippen molar-refractivity contribution in [1.82, 2.24) is 25.5 Å². The molecule has 1 aliphatic rings. The van der Waals surface area contributed by atoms with Crippen LogP contribution in [0, 0.1) is 5.92 Å². The van der Waals surface area contributed by atoms with Gasteiger partial charge >= 0.3 is 5.97 Å². The molecule has 2 heterocycles. The molecule has 1 aromatic heterocycles. The van der Waals surface area contributed by atoms with Gasteiger partial charge in [0, 0.05) is 36.6 Å². The number of amides is 1. The lowest BCUT2D eigenvalue weighted by atomic mass is 9.91. The molecule has 3 N–H and O–H groups in total. The van der Waals surface area contributed by atoms with Crippen molar-refractivity contribution in [2.45, 2.75) is 63.0 Å². The fourth-order valence-corrected chi connectivity index (χ4v) is 6.98. The Bertz CT molecular complexity index is 1870. The van der Waals surface area contributed by atoms with Gasteiger partial charge < -0.3 is 25.0 Å². The van der Waals surface area contributed by atoms with Gasteiger partial charge in [-0.15, -0.1) is 5.10 Å². The van der Waals surface area contributed by atoms with E-state index in [1.165, 1.54) is 11.8 Å². The Kier molecular flexibility index (Phi) is 11.7. The van der Waals surface area contributed by atoms with Gasteiger partial charge in [0.2, 0.25) is 11.1 Å². The normalized spacial score (nSPS) is 18.8. The lowest BCUT2D eigenvalue weighted by Crippen LogP contribution is -2.38. The van der Waals surface area contributed by atoms with Crippen molar-refractivity contribution in [3.8, 4) is 16.8 Å². The van der Waals surface area contributed by atoms with Crippen LogP contribution in [0.15, 0.2) is 108 Å². The van der Waals surface area contributed by atoms with E-state index in [1.54, 1.807) is 4.68 Å². The fraction of sp³-hybridized carbons (Fsp3) is 0.289. The number of thioether (sulfide) groups is 1. The predicted molar refractivity (Wildman–Crippen MR) is 188 cm³/mol. The molecular formula is C38H39N5O6S. The fourth-order valence-electron chi connectivity index (χ4n) is 5.92. The number of carbonyl (C=O) groups is 2. The van der Waals surface area contributed by atoms with Gasteiger partial charge in [0.05, 0.1) is 24.5 Å². The third-order valence-corrected chi connectivity index (χ3v) is 9.73. The number of aromatic nitrogens is 4. The number of benzene rings is 4. The molecular weight excluding hydrogens is 655 g/mol. The van der Waals surface area contributed by atoms with Crippen molar-refractivity contribution in [3.05, 3.63) is 125 Å². The van der Waals surface area contributed by atoms with E-state index in [9.17, 15) is 14.7 Å². The molecule has 4 unspecified atom stereocenters. The Morgan fingerprint density at radius 3 is 2.34 bits per heavy atom. The summed E-state index contributed by atoms with van der Waals surface area (Å²) in [4.78, 5) is 23.1. The molecule has 258 valence electrons. The minimum atomic E-state index is -0.909. The average Bonchev–Trinajstić information content (AvgIpc) is 3.63. The highest BCUT2D eigenvalue weighted by atomic mass is 32.2. The smallest absolute Gasteiger partial charge is 0.303 e. The molecule has 1 saturated heterocycles. The Labute approximate surface area is 294 Å². The van der Waals surface area contributed by atoms with Gasteiger partial charge in [-0.3, -0.25) is 9.59 Å². The van der Waals surface area contributed by atoms with E-state index in [1.807, 2.05) is 103 Å². The average molecular weight is 694 g/mol. The second-order valence-corrected chi connectivity index (χ2v) is 13.1. The molecule has 12 heteroatoms. The maximum absolute atomic E-state index is 12.3. The number of hydrogen-bond acceptors (Lipinski definition) is 9. The number of carboxylic acid groups (broad SMARTS) is 1. The first-order valence-corrected chi connectivity index (χ1v) is 17.5. The SMILES string of the molecule is CC1C(CSc2nnnn2-c2ccccc2)OC(c2ccc(-c3ccccc3CNC(=O)CCCC(=O)O)cc2)OC1c1ccc(CO)cc1. The molecule has 1 amide bonds. The molecule has 0 aliphatic carbocycles. The van der Waals surface area contributed by atoms with E-state index >= 15 is 0 Å². The van der Waals surface area contributed by atoms with E-state index in [2.05, 4.69) is 27.8 Å². The van der Waals surface area contributed by atoms with E-state index in [-0.39, 0.29) is 43.5 Å². The van der Waals surface area contributed by atoms with Gasteiger partial charge in [-0.1, -0.05) is 110 Å². The number of rotatable bonds is 14. The number of carboxylic acids is 1. The maximum Gasteiger partial charge on any atom is 0.303 e. The highest BCUT2D eigenvalue weighted by Crippen LogP contribution is 2.43. The van der Waals surface area contributed by atoms with E-state index in [4.69, 9.17) is 14.6 Å². The molecule has 1 aliphatic heterocycles. The van der Waals surface area contributed by atoms with Crippen LogP contribution in [0.4, 0.5) is 0 Å². The molecule has 6 rings (SSSR count). The number of aliphatic hydroxyl groups is 1. The van der Waals surface area contributed by atoms with Crippen molar-refractivity contribution in [1.29, 1.82) is 0 Å². The molecule has 1 fully saturated rings. The Morgan fingerprint density at radius 2 is 1.60 bits per heavy atom. The third kappa shape index (κ3) is 8.64. The molecule has 4 atom stereocenters. The minimum absolute atomic E-state index is 0.00901. The number of carbonyl (C=O) groups excluding carboxylic acids is 1. The van der Waals surface area contributed by atoms with Crippen LogP contribution in [0.2, 0.25) is 0 Å². The van der Waals surface area contributed by atoms with Crippen molar-refractivity contribution < 1.29 is 29.3 Å². The quantitative estimate of drug-likeness (QED) is 0.114. The van der Waals surface area contributed by atoms with Crippen LogP contribution in [-0.2, 0) is 32.2 Å². The monoisotopic (exact) mass is 693 g/mol. The van der Waals surface area contributed by atoms with Gasteiger partial charge in [0.25, 0.3) is 0 Å². The second-order valence-electron chi connectivity index (χ2n) is 12.1. The molecule has 0 bridgehead atoms. The number of aliphatic carboxylic acids is 1. The molecule has 5 aromatic rings. The van der Waals surface area contributed by atoms with Gasteiger partial charge in [0.1, 0.15) is 0 Å². The van der Waals surface area contributed by atoms with E-state index in [0.717, 1.165) is 39.1 Å². The van der Waals surface area contributed by atoms with Gasteiger partial charge in [-0.25, -0.2) is 0 Å². The van der Waals surface area contributed by atoms with Crippen LogP contribution >= 0.6 is 11.8 Å². The number of hydrogen-bond donors (Lipinski definition) is 3. The molecule has 50 heavy (non-hydrogen) atoms. The first kappa shape index (κ1) is 35.0. The number of para-hydroxylation sites is 1. The predicted octanol–water partition coefficient (Wildman–Crippen LogP) is 6.28. The van der Waals surface area contributed by atoms with E-state index in [0.29, 0.717) is 23.9 Å². The zero-order chi connectivity index (χ0) is 34.9. The summed E-state index contributed by atoms with van der Waals surface area (Å²) in [6, 6.07) is 33.5. The lowest BCUT2D eigenvalue weighted by molar-refractivity contribution is -0.268. The lowest BCUT2D eigenvalue weighted by Gasteiger charge is -2.41. The third-order valence-electron chi connectivity index (χ3n) is 8.72. The van der Waals surface area contributed by atoms with Gasteiger partial charge in [0.15, 0.2) is 6.29 Å². The van der Waals surface area contributed by atoms with Gasteiger partial charge in [-0.2, -0.15) is 4.68 Å². The highest BCUT2D eigenvalue weighted by Gasteiger charge is 2.38. The number of nitrogens with zero attached hydrogens (tertiary/aromatic N) is 4. The summed E-state index contributed by atoms with van der Waals surface area (Å²) in [5, 5.41) is 34.4. The van der Waals surface area contributed by atoms with E-state index < -0.39 is 12.3 Å². The van der Waals surface area contributed by atoms with Crippen molar-refractivity contribution in [2.75, 3.05) is 5.75 Å². The topological polar surface area (TPSA) is 149 Å². The summed E-state index contributed by atoms with van der Waals surface area (Å²) in [7, 11) is 0. The summed E-state index contributed by atoms with van der Waals surface area (Å²) in [6.07, 6.45) is -0.680. The molecule has 4 aromatic carbocycles. The van der Waals surface area contributed by atoms with Crippen molar-refractivity contribution in [3.63, 3.8) is 0 Å². The summed E-state index contributed by atoms with van der Waals surface area (Å²) in [5.41, 5.74) is 6.49. The number of tetrazole rings is 1. The Morgan fingerprint density at radius 1 is 0.880 bits per heavy atom. The Balaban J connectivity index is 1.19. The summed E-state index contributed by atoms with van der Waals surface area (Å²) in [5.74, 6) is -0.506. The summed E-state index contributed by atoms with van der Waals surface area (Å²) < 4.78 is 15.0. The van der Waals surface area contributed by atoms with Crippen LogP contribution in [0.1, 0.15) is 60.8 Å². The van der Waals surface area contributed by atoms with Crippen LogP contribution in [0.25, 0.3) is 16.8 Å². The van der Waals surface area contributed by atoms with Crippen LogP contribution in [0.5, 0.6) is 0 Å². The summed E-state index contributed by atoms with van der Waals surface area (Å²) >= 11 is 1.53. The Hall–Kier alpha value is -4.88. The van der Waals surface area contributed by atoms with Crippen LogP contribution in [-0.4, -0.2) is 54.2 Å². The van der Waals surface area contributed by atoms with Gasteiger partial charge in [-0.05, 0) is 56.8 Å². The largest absolute Gasteiger partial charge is 0.481 e. The number of nitrogens with one attached hydrogen (secondary N) is 1. The van der Waals surface area contributed by atoms with Crippen molar-refractivity contribution in [2.24, 2.45) is 5.92 Å². The molecule has 0 spiro atoms.